The third kappa shape index (κ3) is 5.01. The summed E-state index contributed by atoms with van der Waals surface area (Å²) in [5.74, 6) is -3.48. The molecule has 0 radical (unpaired) electrons. The Morgan fingerprint density at radius 3 is 2.48 bits per heavy atom. The van der Waals surface area contributed by atoms with Crippen LogP contribution in [-0.2, 0) is 20.4 Å². The van der Waals surface area contributed by atoms with Crippen molar-refractivity contribution < 1.29 is 22.0 Å². The first-order chi connectivity index (χ1) is 10.8. The van der Waals surface area contributed by atoms with Crippen molar-refractivity contribution in [2.24, 2.45) is 0 Å². The van der Waals surface area contributed by atoms with E-state index in [-0.39, 0.29) is 16.3 Å². The Kier molecular flexibility index (Phi) is 5.33. The van der Waals surface area contributed by atoms with Crippen LogP contribution in [0.5, 0.6) is 0 Å². The van der Waals surface area contributed by atoms with E-state index in [0.717, 1.165) is 18.2 Å². The fourth-order valence-corrected chi connectivity index (χ4v) is 3.49. The summed E-state index contributed by atoms with van der Waals surface area (Å²) in [7, 11) is -3.84. The Balaban J connectivity index is 2.06. The van der Waals surface area contributed by atoms with Gasteiger partial charge in [0.05, 0.1) is 11.4 Å². The number of para-hydroxylation sites is 1. The van der Waals surface area contributed by atoms with Crippen molar-refractivity contribution >= 4 is 33.0 Å². The molecule has 0 saturated heterocycles. The van der Waals surface area contributed by atoms with Crippen LogP contribution in [0.2, 0.25) is 5.02 Å². The number of anilines is 1. The molecule has 0 aliphatic carbocycles. The van der Waals surface area contributed by atoms with Crippen LogP contribution >= 0.6 is 11.6 Å². The molecule has 1 N–H and O–H groups in total. The molecule has 0 fully saturated rings. The molecule has 122 valence electrons. The standard InChI is InChI=1S/C15H12ClF2NO3S/c16-12-7-11(17)6-5-10(12)8-23(21,22)9-15(20)19-14-4-2-1-3-13(14)18/h1-7H,8-9H2,(H,19,20). The SMILES string of the molecule is O=C(CS(=O)(=O)Cc1ccc(F)cc1Cl)Nc1ccccc1F. The first kappa shape index (κ1) is 17.4. The summed E-state index contributed by atoms with van der Waals surface area (Å²) in [6.07, 6.45) is 0. The number of carbonyl (C=O) groups excluding carboxylic acids is 1. The molecular formula is C15H12ClF2NO3S. The third-order valence-corrected chi connectivity index (χ3v) is 4.69. The van der Waals surface area contributed by atoms with Gasteiger partial charge >= 0.3 is 0 Å². The predicted octanol–water partition coefficient (Wildman–Crippen LogP) is 3.17. The van der Waals surface area contributed by atoms with E-state index in [9.17, 15) is 22.0 Å². The minimum Gasteiger partial charge on any atom is -0.323 e. The Hall–Kier alpha value is -1.99. The van der Waals surface area contributed by atoms with Crippen molar-refractivity contribution in [1.82, 2.24) is 0 Å². The number of nitrogens with one attached hydrogen (secondary N) is 1. The van der Waals surface area contributed by atoms with E-state index in [2.05, 4.69) is 5.32 Å². The van der Waals surface area contributed by atoms with Crippen molar-refractivity contribution in [2.45, 2.75) is 5.75 Å². The predicted molar refractivity (Wildman–Crippen MR) is 83.9 cm³/mol. The van der Waals surface area contributed by atoms with Crippen LogP contribution in [0.3, 0.4) is 0 Å². The average Bonchev–Trinajstić information content (AvgIpc) is 2.44. The van der Waals surface area contributed by atoms with Gasteiger partial charge in [0.25, 0.3) is 0 Å². The zero-order valence-corrected chi connectivity index (χ0v) is 13.3. The highest BCUT2D eigenvalue weighted by molar-refractivity contribution is 7.91. The lowest BCUT2D eigenvalue weighted by atomic mass is 10.2. The summed E-state index contributed by atoms with van der Waals surface area (Å²) < 4.78 is 50.4. The van der Waals surface area contributed by atoms with Crippen LogP contribution in [0.1, 0.15) is 5.56 Å². The minimum absolute atomic E-state index is 0.0388. The second kappa shape index (κ2) is 7.06. The number of hydrogen-bond donors (Lipinski definition) is 1. The van der Waals surface area contributed by atoms with Crippen LogP contribution in [0, 0.1) is 11.6 Å². The maximum atomic E-state index is 13.4. The first-order valence-corrected chi connectivity index (χ1v) is 8.65. The number of rotatable bonds is 5. The van der Waals surface area contributed by atoms with E-state index in [1.54, 1.807) is 0 Å². The van der Waals surface area contributed by atoms with E-state index < -0.39 is 38.9 Å². The Labute approximate surface area is 137 Å². The minimum atomic E-state index is -3.84. The number of carbonyl (C=O) groups is 1. The fourth-order valence-electron chi connectivity index (χ4n) is 1.88. The van der Waals surface area contributed by atoms with E-state index in [4.69, 9.17) is 11.6 Å². The fraction of sp³-hybridized carbons (Fsp3) is 0.133. The molecular weight excluding hydrogens is 348 g/mol. The summed E-state index contributed by atoms with van der Waals surface area (Å²) in [6, 6.07) is 8.72. The van der Waals surface area contributed by atoms with Gasteiger partial charge in [-0.05, 0) is 29.8 Å². The van der Waals surface area contributed by atoms with Gasteiger partial charge in [-0.1, -0.05) is 29.8 Å². The van der Waals surface area contributed by atoms with Gasteiger partial charge in [0.2, 0.25) is 5.91 Å². The molecule has 0 bridgehead atoms. The molecule has 4 nitrogen and oxygen atoms in total. The van der Waals surface area contributed by atoms with Gasteiger partial charge in [-0.25, -0.2) is 17.2 Å². The van der Waals surface area contributed by atoms with Crippen LogP contribution in [0.4, 0.5) is 14.5 Å². The molecule has 2 aromatic carbocycles. The van der Waals surface area contributed by atoms with Gasteiger partial charge in [0.1, 0.15) is 17.4 Å². The molecule has 0 spiro atoms. The lowest BCUT2D eigenvalue weighted by Gasteiger charge is -2.08. The molecule has 2 rings (SSSR count). The molecule has 0 aliphatic heterocycles. The zero-order chi connectivity index (χ0) is 17.0. The van der Waals surface area contributed by atoms with Gasteiger partial charge in [0.15, 0.2) is 9.84 Å². The Bertz CT molecular complexity index is 840. The largest absolute Gasteiger partial charge is 0.323 e. The number of hydrogen-bond acceptors (Lipinski definition) is 3. The first-order valence-electron chi connectivity index (χ1n) is 6.45. The monoisotopic (exact) mass is 359 g/mol. The third-order valence-electron chi connectivity index (χ3n) is 2.89. The second-order valence-electron chi connectivity index (χ2n) is 4.80. The molecule has 2 aromatic rings. The summed E-state index contributed by atoms with van der Waals surface area (Å²) >= 11 is 5.77. The van der Waals surface area contributed by atoms with Gasteiger partial charge in [-0.2, -0.15) is 0 Å². The molecule has 0 unspecified atom stereocenters. The van der Waals surface area contributed by atoms with E-state index in [0.29, 0.717) is 0 Å². The maximum Gasteiger partial charge on any atom is 0.239 e. The normalized spacial score (nSPS) is 11.3. The van der Waals surface area contributed by atoms with Crippen molar-refractivity contribution in [3.63, 3.8) is 0 Å². The lowest BCUT2D eigenvalue weighted by molar-refractivity contribution is -0.113. The average molecular weight is 360 g/mol. The van der Waals surface area contributed by atoms with Crippen LogP contribution < -0.4 is 5.32 Å². The maximum absolute atomic E-state index is 13.4. The molecule has 0 aromatic heterocycles. The Morgan fingerprint density at radius 1 is 1.13 bits per heavy atom. The summed E-state index contributed by atoms with van der Waals surface area (Å²) in [5.41, 5.74) is 0.0827. The van der Waals surface area contributed by atoms with E-state index in [1.807, 2.05) is 0 Å². The molecule has 0 heterocycles. The zero-order valence-electron chi connectivity index (χ0n) is 11.7. The van der Waals surface area contributed by atoms with Gasteiger partial charge in [-0.3, -0.25) is 4.79 Å². The van der Waals surface area contributed by atoms with Gasteiger partial charge in [0, 0.05) is 5.02 Å². The number of halogens is 3. The molecule has 8 heteroatoms. The van der Waals surface area contributed by atoms with Crippen LogP contribution in [0.15, 0.2) is 42.5 Å². The quantitative estimate of drug-likeness (QED) is 0.891. The smallest absolute Gasteiger partial charge is 0.239 e. The van der Waals surface area contributed by atoms with Gasteiger partial charge < -0.3 is 5.32 Å². The summed E-state index contributed by atoms with van der Waals surface area (Å²) in [5, 5.41) is 2.15. The highest BCUT2D eigenvalue weighted by Gasteiger charge is 2.20. The van der Waals surface area contributed by atoms with E-state index >= 15 is 0 Å². The van der Waals surface area contributed by atoms with Gasteiger partial charge in [-0.15, -0.1) is 0 Å². The molecule has 0 atom stereocenters. The number of sulfone groups is 1. The van der Waals surface area contributed by atoms with Crippen molar-refractivity contribution in [2.75, 3.05) is 11.1 Å². The highest BCUT2D eigenvalue weighted by atomic mass is 35.5. The van der Waals surface area contributed by atoms with Crippen molar-refractivity contribution in [1.29, 1.82) is 0 Å². The Morgan fingerprint density at radius 2 is 1.83 bits per heavy atom. The highest BCUT2D eigenvalue weighted by Crippen LogP contribution is 2.20. The molecule has 0 aliphatic rings. The van der Waals surface area contributed by atoms with Crippen molar-refractivity contribution in [3.05, 3.63) is 64.7 Å². The van der Waals surface area contributed by atoms with Crippen LogP contribution in [-0.4, -0.2) is 20.1 Å². The molecule has 1 amide bonds. The number of benzene rings is 2. The van der Waals surface area contributed by atoms with Crippen LogP contribution in [0.25, 0.3) is 0 Å². The molecule has 0 saturated carbocycles. The van der Waals surface area contributed by atoms with Crippen molar-refractivity contribution in [3.8, 4) is 0 Å². The number of amides is 1. The lowest BCUT2D eigenvalue weighted by Crippen LogP contribution is -2.24. The van der Waals surface area contributed by atoms with E-state index in [1.165, 1.54) is 24.3 Å². The second-order valence-corrected chi connectivity index (χ2v) is 7.27. The summed E-state index contributed by atoms with van der Waals surface area (Å²) in [4.78, 5) is 11.8. The molecule has 23 heavy (non-hydrogen) atoms. The summed E-state index contributed by atoms with van der Waals surface area (Å²) in [6.45, 7) is 0. The topological polar surface area (TPSA) is 63.2 Å².